The molecule has 0 bridgehead atoms. The zero-order valence-electron chi connectivity index (χ0n) is 8.92. The molecule has 78 valence electrons. The Morgan fingerprint density at radius 3 is 2.93 bits per heavy atom. The normalized spacial score (nSPS) is 43.1. The van der Waals surface area contributed by atoms with E-state index in [9.17, 15) is 9.90 Å². The van der Waals surface area contributed by atoms with Crippen LogP contribution in [0.3, 0.4) is 0 Å². The number of hydrogen-bond acceptors (Lipinski definition) is 2. The Hall–Kier alpha value is -0.630. The summed E-state index contributed by atoms with van der Waals surface area (Å²) in [5.74, 6) is 0.539. The summed E-state index contributed by atoms with van der Waals surface area (Å²) >= 11 is 0. The van der Waals surface area contributed by atoms with Gasteiger partial charge in [-0.25, -0.2) is 0 Å². The monoisotopic (exact) mass is 194 g/mol. The Kier molecular flexibility index (Phi) is 2.26. The molecule has 2 aliphatic carbocycles. The van der Waals surface area contributed by atoms with Crippen molar-refractivity contribution in [3.05, 3.63) is 11.6 Å². The fourth-order valence-electron chi connectivity index (χ4n) is 3.07. The van der Waals surface area contributed by atoms with Crippen LogP contribution in [0.5, 0.6) is 0 Å². The van der Waals surface area contributed by atoms with Crippen molar-refractivity contribution in [2.75, 3.05) is 0 Å². The summed E-state index contributed by atoms with van der Waals surface area (Å²) in [6.07, 6.45) is 4.95. The van der Waals surface area contributed by atoms with Gasteiger partial charge in [0.2, 0.25) is 0 Å². The molecule has 2 aliphatic rings. The summed E-state index contributed by atoms with van der Waals surface area (Å²) in [5.41, 5.74) is 0.812. The lowest BCUT2D eigenvalue weighted by Crippen LogP contribution is -2.40. The van der Waals surface area contributed by atoms with Crippen LogP contribution in [0.2, 0.25) is 0 Å². The van der Waals surface area contributed by atoms with Crippen LogP contribution >= 0.6 is 0 Å². The Morgan fingerprint density at radius 1 is 1.50 bits per heavy atom. The van der Waals surface area contributed by atoms with Gasteiger partial charge < -0.3 is 5.11 Å². The van der Waals surface area contributed by atoms with Gasteiger partial charge in [-0.2, -0.15) is 0 Å². The van der Waals surface area contributed by atoms with Crippen LogP contribution in [0.4, 0.5) is 0 Å². The number of rotatable bonds is 0. The molecule has 1 unspecified atom stereocenters. The van der Waals surface area contributed by atoms with Crippen molar-refractivity contribution in [3.63, 3.8) is 0 Å². The van der Waals surface area contributed by atoms with E-state index >= 15 is 0 Å². The molecule has 2 nitrogen and oxygen atoms in total. The molecule has 0 heterocycles. The second-order valence-electron chi connectivity index (χ2n) is 4.84. The minimum atomic E-state index is -0.489. The first kappa shape index (κ1) is 9.91. The lowest BCUT2D eigenvalue weighted by Gasteiger charge is -2.33. The quantitative estimate of drug-likeness (QED) is 0.599. The zero-order valence-corrected chi connectivity index (χ0v) is 8.92. The van der Waals surface area contributed by atoms with Crippen molar-refractivity contribution >= 4 is 5.78 Å². The number of carbonyl (C=O) groups excluding carboxylic acids is 1. The molecule has 2 rings (SSSR count). The van der Waals surface area contributed by atoms with Crippen LogP contribution in [0.25, 0.3) is 0 Å². The van der Waals surface area contributed by atoms with Gasteiger partial charge in [-0.3, -0.25) is 4.79 Å². The summed E-state index contributed by atoms with van der Waals surface area (Å²) in [7, 11) is 0. The van der Waals surface area contributed by atoms with E-state index in [-0.39, 0.29) is 11.7 Å². The van der Waals surface area contributed by atoms with Crippen LogP contribution in [-0.4, -0.2) is 17.0 Å². The van der Waals surface area contributed by atoms with Gasteiger partial charge in [-0.15, -0.1) is 0 Å². The molecule has 0 spiro atoms. The third-order valence-electron chi connectivity index (χ3n) is 4.13. The van der Waals surface area contributed by atoms with Crippen molar-refractivity contribution in [2.24, 2.45) is 11.3 Å². The lowest BCUT2D eigenvalue weighted by atomic mass is 9.72. The molecule has 0 aromatic heterocycles. The van der Waals surface area contributed by atoms with Crippen LogP contribution < -0.4 is 0 Å². The molecule has 0 amide bonds. The summed E-state index contributed by atoms with van der Waals surface area (Å²) in [4.78, 5) is 11.9. The van der Waals surface area contributed by atoms with Gasteiger partial charge >= 0.3 is 0 Å². The van der Waals surface area contributed by atoms with Crippen molar-refractivity contribution in [1.29, 1.82) is 0 Å². The van der Waals surface area contributed by atoms with E-state index in [2.05, 4.69) is 13.0 Å². The van der Waals surface area contributed by atoms with E-state index in [4.69, 9.17) is 0 Å². The van der Waals surface area contributed by atoms with E-state index in [1.807, 2.05) is 6.92 Å². The average molecular weight is 194 g/mol. The van der Waals surface area contributed by atoms with Crippen LogP contribution in [0, 0.1) is 11.3 Å². The molecule has 1 saturated carbocycles. The number of carbonyl (C=O) groups is 1. The first-order valence-electron chi connectivity index (χ1n) is 5.45. The first-order chi connectivity index (χ1) is 6.56. The minimum absolute atomic E-state index is 0.254. The van der Waals surface area contributed by atoms with E-state index in [1.165, 1.54) is 5.57 Å². The van der Waals surface area contributed by atoms with Crippen molar-refractivity contribution in [3.8, 4) is 0 Å². The number of aliphatic hydroxyl groups excluding tert-OH is 1. The molecule has 1 N–H and O–H groups in total. The highest BCUT2D eigenvalue weighted by atomic mass is 16.3. The van der Waals surface area contributed by atoms with Gasteiger partial charge in [0.05, 0.1) is 11.5 Å². The molecule has 0 radical (unpaired) electrons. The molecule has 1 fully saturated rings. The van der Waals surface area contributed by atoms with Gasteiger partial charge in [-0.05, 0) is 39.0 Å². The maximum Gasteiger partial charge on any atom is 0.141 e. The SMILES string of the molecule is CC1=CCCC(O)[C@]2(C)C(=O)CC[C@@H]12. The molecule has 0 saturated heterocycles. The fourth-order valence-corrected chi connectivity index (χ4v) is 3.07. The lowest BCUT2D eigenvalue weighted by molar-refractivity contribution is -0.132. The molecule has 0 aromatic carbocycles. The van der Waals surface area contributed by atoms with Gasteiger partial charge in [0.1, 0.15) is 5.78 Å². The largest absolute Gasteiger partial charge is 0.392 e. The first-order valence-corrected chi connectivity index (χ1v) is 5.45. The number of aliphatic hydroxyl groups is 1. The van der Waals surface area contributed by atoms with Crippen LogP contribution in [0.1, 0.15) is 39.5 Å². The number of Topliss-reactive ketones (excluding diaryl/α,β-unsaturated/α-hetero) is 1. The highest BCUT2D eigenvalue weighted by molar-refractivity contribution is 5.88. The second-order valence-corrected chi connectivity index (χ2v) is 4.84. The standard InChI is InChI=1S/C12H18O2/c1-8-4-3-5-10(13)12(2)9(8)6-7-11(12)14/h4,9-10,13H,3,5-7H2,1-2H3/t9-,10?,12+/m0/s1. The van der Waals surface area contributed by atoms with E-state index in [1.54, 1.807) is 0 Å². The molecule has 3 atom stereocenters. The summed E-state index contributed by atoms with van der Waals surface area (Å²) < 4.78 is 0. The van der Waals surface area contributed by atoms with E-state index in [0.717, 1.165) is 19.3 Å². The zero-order chi connectivity index (χ0) is 10.3. The minimum Gasteiger partial charge on any atom is -0.392 e. The summed E-state index contributed by atoms with van der Waals surface area (Å²) in [6, 6.07) is 0. The van der Waals surface area contributed by atoms with E-state index < -0.39 is 11.5 Å². The maximum atomic E-state index is 11.9. The van der Waals surface area contributed by atoms with Crippen LogP contribution in [0.15, 0.2) is 11.6 Å². The molecule has 0 aliphatic heterocycles. The number of fused-ring (bicyclic) bond motifs is 1. The Bertz CT molecular complexity index is 293. The topological polar surface area (TPSA) is 37.3 Å². The summed E-state index contributed by atoms with van der Waals surface area (Å²) in [5, 5.41) is 10.1. The molecular formula is C12H18O2. The van der Waals surface area contributed by atoms with Gasteiger partial charge in [0.15, 0.2) is 0 Å². The smallest absolute Gasteiger partial charge is 0.141 e. The van der Waals surface area contributed by atoms with E-state index in [0.29, 0.717) is 6.42 Å². The Morgan fingerprint density at radius 2 is 2.21 bits per heavy atom. The predicted octanol–water partition coefficient (Wildman–Crippen LogP) is 2.07. The number of ketones is 1. The predicted molar refractivity (Wildman–Crippen MR) is 54.8 cm³/mol. The maximum absolute atomic E-state index is 11.9. The third kappa shape index (κ3) is 1.17. The van der Waals surface area contributed by atoms with Gasteiger partial charge in [0.25, 0.3) is 0 Å². The van der Waals surface area contributed by atoms with Crippen LogP contribution in [-0.2, 0) is 4.79 Å². The number of allylic oxidation sites excluding steroid dienone is 2. The average Bonchev–Trinajstić information content (AvgIpc) is 2.39. The Labute approximate surface area is 85.0 Å². The molecule has 14 heavy (non-hydrogen) atoms. The second kappa shape index (κ2) is 3.20. The molecular weight excluding hydrogens is 176 g/mol. The third-order valence-corrected chi connectivity index (χ3v) is 4.13. The van der Waals surface area contributed by atoms with Crippen molar-refractivity contribution in [1.82, 2.24) is 0 Å². The highest BCUT2D eigenvalue weighted by Crippen LogP contribution is 2.49. The van der Waals surface area contributed by atoms with Crippen molar-refractivity contribution < 1.29 is 9.90 Å². The highest BCUT2D eigenvalue weighted by Gasteiger charge is 2.51. The van der Waals surface area contributed by atoms with Crippen molar-refractivity contribution in [2.45, 2.75) is 45.6 Å². The number of hydrogen-bond donors (Lipinski definition) is 1. The Balaban J connectivity index is 2.42. The van der Waals surface area contributed by atoms with Gasteiger partial charge in [0, 0.05) is 6.42 Å². The van der Waals surface area contributed by atoms with Gasteiger partial charge in [-0.1, -0.05) is 11.6 Å². The molecule has 0 aromatic rings. The summed E-state index contributed by atoms with van der Waals surface area (Å²) in [6.45, 7) is 4.04. The molecule has 2 heteroatoms. The fraction of sp³-hybridized carbons (Fsp3) is 0.750.